The number of anilines is 1. The number of nitrogens with zero attached hydrogens (tertiary/aromatic N) is 2. The van der Waals surface area contributed by atoms with E-state index in [0.29, 0.717) is 18.7 Å². The zero-order chi connectivity index (χ0) is 12.4. The highest BCUT2D eigenvalue weighted by molar-refractivity contribution is 9.10. The Kier molecular flexibility index (Phi) is 3.42. The first-order valence-corrected chi connectivity index (χ1v) is 6.08. The largest absolute Gasteiger partial charge is 0.345 e. The van der Waals surface area contributed by atoms with E-state index in [0.717, 1.165) is 4.47 Å². The molecule has 1 fully saturated rings. The molecule has 1 aliphatic heterocycles. The third-order valence-electron chi connectivity index (χ3n) is 2.58. The number of carbonyl (C=O) groups is 2. The van der Waals surface area contributed by atoms with Gasteiger partial charge in [-0.25, -0.2) is 0 Å². The lowest BCUT2D eigenvalue weighted by Crippen LogP contribution is -2.42. The van der Waals surface area contributed by atoms with Crippen LogP contribution in [0.1, 0.15) is 13.3 Å². The molecule has 2 heterocycles. The van der Waals surface area contributed by atoms with Gasteiger partial charge in [0.1, 0.15) is 6.04 Å². The van der Waals surface area contributed by atoms with Crippen LogP contribution in [0.4, 0.5) is 5.69 Å². The van der Waals surface area contributed by atoms with Gasteiger partial charge in [0.05, 0.1) is 11.9 Å². The van der Waals surface area contributed by atoms with Crippen LogP contribution in [-0.4, -0.2) is 29.4 Å². The third kappa shape index (κ3) is 2.63. The molecule has 2 amide bonds. The van der Waals surface area contributed by atoms with Crippen molar-refractivity contribution in [2.24, 2.45) is 0 Å². The number of halogens is 1. The van der Waals surface area contributed by atoms with Crippen molar-refractivity contribution >= 4 is 33.4 Å². The van der Waals surface area contributed by atoms with Crippen LogP contribution in [0.5, 0.6) is 0 Å². The van der Waals surface area contributed by atoms with Gasteiger partial charge in [-0.05, 0) is 28.9 Å². The Morgan fingerprint density at radius 1 is 1.47 bits per heavy atom. The molecule has 1 aromatic rings. The first-order chi connectivity index (χ1) is 8.08. The normalized spacial score (nSPS) is 21.1. The Bertz CT molecular complexity index is 464. The molecule has 2 rings (SSSR count). The summed E-state index contributed by atoms with van der Waals surface area (Å²) in [7, 11) is 0. The first-order valence-electron chi connectivity index (χ1n) is 5.29. The van der Waals surface area contributed by atoms with E-state index in [2.05, 4.69) is 26.2 Å². The van der Waals surface area contributed by atoms with E-state index in [1.807, 2.05) is 6.07 Å². The van der Waals surface area contributed by atoms with Crippen molar-refractivity contribution in [3.05, 3.63) is 22.9 Å². The number of nitrogens with one attached hydrogen (secondary N) is 1. The lowest BCUT2D eigenvalue weighted by Gasteiger charge is -2.22. The summed E-state index contributed by atoms with van der Waals surface area (Å²) in [5.41, 5.74) is 0.702. The molecular weight excluding hydrogens is 286 g/mol. The second-order valence-corrected chi connectivity index (χ2v) is 4.81. The standard InChI is InChI=1S/C11H12BrN3O2/c1-7-11(17)15(3-2-10(16)14-7)9-4-8(12)5-13-6-9/h4-7H,2-3H2,1H3,(H,14,16). The van der Waals surface area contributed by atoms with Crippen molar-refractivity contribution in [1.29, 1.82) is 0 Å². The maximum Gasteiger partial charge on any atom is 0.249 e. The smallest absolute Gasteiger partial charge is 0.249 e. The molecule has 0 aliphatic carbocycles. The van der Waals surface area contributed by atoms with Crippen molar-refractivity contribution < 1.29 is 9.59 Å². The Morgan fingerprint density at radius 2 is 2.24 bits per heavy atom. The van der Waals surface area contributed by atoms with Crippen LogP contribution in [0.3, 0.4) is 0 Å². The summed E-state index contributed by atoms with van der Waals surface area (Å²) in [6.45, 7) is 2.07. The van der Waals surface area contributed by atoms with Gasteiger partial charge in [0, 0.05) is 23.6 Å². The summed E-state index contributed by atoms with van der Waals surface area (Å²) in [4.78, 5) is 29.0. The van der Waals surface area contributed by atoms with E-state index >= 15 is 0 Å². The fourth-order valence-corrected chi connectivity index (χ4v) is 2.09. The van der Waals surface area contributed by atoms with Gasteiger partial charge in [-0.1, -0.05) is 0 Å². The van der Waals surface area contributed by atoms with Crippen molar-refractivity contribution in [3.8, 4) is 0 Å². The van der Waals surface area contributed by atoms with Crippen molar-refractivity contribution in [2.75, 3.05) is 11.4 Å². The molecule has 90 valence electrons. The number of rotatable bonds is 1. The van der Waals surface area contributed by atoms with E-state index in [9.17, 15) is 9.59 Å². The molecule has 5 nitrogen and oxygen atoms in total. The number of carbonyl (C=O) groups excluding carboxylic acids is 2. The molecule has 0 bridgehead atoms. The average molecular weight is 298 g/mol. The second-order valence-electron chi connectivity index (χ2n) is 3.89. The lowest BCUT2D eigenvalue weighted by molar-refractivity contribution is -0.125. The molecular formula is C11H12BrN3O2. The van der Waals surface area contributed by atoms with Crippen LogP contribution in [0.2, 0.25) is 0 Å². The number of pyridine rings is 1. The van der Waals surface area contributed by atoms with Gasteiger partial charge in [-0.2, -0.15) is 0 Å². The summed E-state index contributed by atoms with van der Waals surface area (Å²) < 4.78 is 0.805. The van der Waals surface area contributed by atoms with E-state index in [-0.39, 0.29) is 11.8 Å². The molecule has 17 heavy (non-hydrogen) atoms. The van der Waals surface area contributed by atoms with Crippen LogP contribution in [-0.2, 0) is 9.59 Å². The average Bonchev–Trinajstić information content (AvgIpc) is 2.40. The number of hydrogen-bond donors (Lipinski definition) is 1. The van der Waals surface area contributed by atoms with E-state index in [1.165, 1.54) is 0 Å². The fourth-order valence-electron chi connectivity index (χ4n) is 1.74. The van der Waals surface area contributed by atoms with Crippen molar-refractivity contribution in [2.45, 2.75) is 19.4 Å². The van der Waals surface area contributed by atoms with Gasteiger partial charge in [-0.15, -0.1) is 0 Å². The molecule has 1 aromatic heterocycles. The molecule has 1 aliphatic rings. The second kappa shape index (κ2) is 4.83. The summed E-state index contributed by atoms with van der Waals surface area (Å²) in [6.07, 6.45) is 3.58. The van der Waals surface area contributed by atoms with Crippen LogP contribution in [0.25, 0.3) is 0 Å². The molecule has 0 radical (unpaired) electrons. The molecule has 0 saturated carbocycles. The van der Waals surface area contributed by atoms with E-state index < -0.39 is 6.04 Å². The Morgan fingerprint density at radius 3 is 2.94 bits per heavy atom. The van der Waals surface area contributed by atoms with Crippen molar-refractivity contribution in [3.63, 3.8) is 0 Å². The van der Waals surface area contributed by atoms with Gasteiger partial charge < -0.3 is 10.2 Å². The maximum atomic E-state index is 12.1. The molecule has 1 saturated heterocycles. The number of amides is 2. The summed E-state index contributed by atoms with van der Waals surface area (Å²) in [6, 6.07) is 1.32. The van der Waals surface area contributed by atoms with Gasteiger partial charge >= 0.3 is 0 Å². The number of hydrogen-bond acceptors (Lipinski definition) is 3. The quantitative estimate of drug-likeness (QED) is 0.844. The minimum Gasteiger partial charge on any atom is -0.345 e. The van der Waals surface area contributed by atoms with Crippen LogP contribution in [0, 0.1) is 0 Å². The topological polar surface area (TPSA) is 62.3 Å². The summed E-state index contributed by atoms with van der Waals surface area (Å²) in [5, 5.41) is 2.64. The van der Waals surface area contributed by atoms with Crippen LogP contribution in [0.15, 0.2) is 22.9 Å². The van der Waals surface area contributed by atoms with Crippen LogP contribution < -0.4 is 10.2 Å². The minimum absolute atomic E-state index is 0.101. The molecule has 6 heteroatoms. The highest BCUT2D eigenvalue weighted by Gasteiger charge is 2.27. The SMILES string of the molecule is CC1NC(=O)CCN(c2cncc(Br)c2)C1=O. The molecule has 1 N–H and O–H groups in total. The lowest BCUT2D eigenvalue weighted by atomic mass is 10.2. The van der Waals surface area contributed by atoms with Crippen molar-refractivity contribution in [1.82, 2.24) is 10.3 Å². The monoisotopic (exact) mass is 297 g/mol. The Balaban J connectivity index is 2.30. The van der Waals surface area contributed by atoms with E-state index in [1.54, 1.807) is 24.2 Å². The fraction of sp³-hybridized carbons (Fsp3) is 0.364. The molecule has 0 spiro atoms. The predicted molar refractivity (Wildman–Crippen MR) is 66.5 cm³/mol. The molecule has 0 aromatic carbocycles. The Hall–Kier alpha value is -1.43. The highest BCUT2D eigenvalue weighted by atomic mass is 79.9. The minimum atomic E-state index is -0.496. The van der Waals surface area contributed by atoms with Gasteiger partial charge in [0.2, 0.25) is 11.8 Å². The predicted octanol–water partition coefficient (Wildman–Crippen LogP) is 1.09. The first kappa shape index (κ1) is 12.0. The zero-order valence-corrected chi connectivity index (χ0v) is 10.9. The maximum absolute atomic E-state index is 12.1. The summed E-state index contributed by atoms with van der Waals surface area (Å²) >= 11 is 3.31. The van der Waals surface area contributed by atoms with Gasteiger partial charge in [0.15, 0.2) is 0 Å². The molecule has 1 unspecified atom stereocenters. The van der Waals surface area contributed by atoms with Gasteiger partial charge in [-0.3, -0.25) is 14.6 Å². The van der Waals surface area contributed by atoms with E-state index in [4.69, 9.17) is 0 Å². The third-order valence-corrected chi connectivity index (χ3v) is 3.01. The zero-order valence-electron chi connectivity index (χ0n) is 9.31. The highest BCUT2D eigenvalue weighted by Crippen LogP contribution is 2.20. The number of aromatic nitrogens is 1. The van der Waals surface area contributed by atoms with Gasteiger partial charge in [0.25, 0.3) is 0 Å². The van der Waals surface area contributed by atoms with Crippen LogP contribution >= 0.6 is 15.9 Å². The molecule has 1 atom stereocenters. The Labute approximate surface area is 107 Å². The summed E-state index contributed by atoms with van der Waals surface area (Å²) in [5.74, 6) is -0.216.